The number of fused-ring (bicyclic) bond motifs is 2. The molecule has 2 N–H and O–H groups in total. The standard InChI is InChI=1S/C22H27BrF2N4O3/c1-26-14-4-2-5-15(14)32-16-8-13(23)18(25)19-17(16)20(30)28-21(27-19)31-11-22-6-3-7-29(22)10-12(24)9-22/h8,12,14-15,26H,2-7,9-11H2,1H3,(H,27,28,30)/t12-,14-,15+,22+/m1/s1. The summed E-state index contributed by atoms with van der Waals surface area (Å²) in [4.78, 5) is 22.0. The van der Waals surface area contributed by atoms with Crippen LogP contribution in [0.2, 0.25) is 0 Å². The maximum Gasteiger partial charge on any atom is 0.297 e. The minimum atomic E-state index is -0.882. The molecule has 0 unspecified atom stereocenters. The second-order valence-corrected chi connectivity index (χ2v) is 9.97. The topological polar surface area (TPSA) is 79.5 Å². The molecule has 5 rings (SSSR count). The fourth-order valence-corrected chi connectivity index (χ4v) is 5.97. The molecule has 2 saturated heterocycles. The molecular weight excluding hydrogens is 486 g/mol. The van der Waals surface area contributed by atoms with E-state index in [1.165, 1.54) is 6.07 Å². The average Bonchev–Trinajstić information content (AvgIpc) is 3.43. The fraction of sp³-hybridized carbons (Fsp3) is 0.636. The van der Waals surface area contributed by atoms with Crippen molar-refractivity contribution in [3.63, 3.8) is 0 Å². The molecule has 0 radical (unpaired) electrons. The zero-order valence-electron chi connectivity index (χ0n) is 17.9. The molecule has 1 aromatic heterocycles. The van der Waals surface area contributed by atoms with Gasteiger partial charge in [-0.25, -0.2) is 8.78 Å². The maximum absolute atomic E-state index is 15.0. The van der Waals surface area contributed by atoms with Gasteiger partial charge >= 0.3 is 0 Å². The van der Waals surface area contributed by atoms with Crippen molar-refractivity contribution >= 4 is 26.8 Å². The quantitative estimate of drug-likeness (QED) is 0.618. The van der Waals surface area contributed by atoms with E-state index >= 15 is 0 Å². The smallest absolute Gasteiger partial charge is 0.297 e. The number of benzene rings is 1. The molecule has 3 fully saturated rings. The summed E-state index contributed by atoms with van der Waals surface area (Å²) in [5.74, 6) is -0.359. The molecule has 0 amide bonds. The molecule has 7 nitrogen and oxygen atoms in total. The monoisotopic (exact) mass is 512 g/mol. The van der Waals surface area contributed by atoms with Crippen molar-refractivity contribution in [3.8, 4) is 11.8 Å². The highest BCUT2D eigenvalue weighted by atomic mass is 79.9. The summed E-state index contributed by atoms with van der Waals surface area (Å²) in [7, 11) is 1.88. The Morgan fingerprint density at radius 1 is 1.41 bits per heavy atom. The second kappa shape index (κ2) is 8.53. The highest BCUT2D eigenvalue weighted by molar-refractivity contribution is 9.10. The Hall–Kier alpha value is -1.78. The Morgan fingerprint density at radius 2 is 2.25 bits per heavy atom. The predicted octanol–water partition coefficient (Wildman–Crippen LogP) is 3.30. The Bertz CT molecular complexity index is 1080. The summed E-state index contributed by atoms with van der Waals surface area (Å²) >= 11 is 3.22. The Morgan fingerprint density at radius 3 is 3.06 bits per heavy atom. The van der Waals surface area contributed by atoms with Crippen LogP contribution in [0.3, 0.4) is 0 Å². The highest BCUT2D eigenvalue weighted by Crippen LogP contribution is 2.40. The first kappa shape index (κ1) is 22.0. The van der Waals surface area contributed by atoms with E-state index in [0.717, 1.165) is 38.6 Å². The van der Waals surface area contributed by atoms with Crippen LogP contribution in [0.25, 0.3) is 10.9 Å². The van der Waals surface area contributed by atoms with Crippen molar-refractivity contribution in [2.45, 2.75) is 62.4 Å². The molecule has 174 valence electrons. The van der Waals surface area contributed by atoms with Gasteiger partial charge in [-0.1, -0.05) is 0 Å². The van der Waals surface area contributed by atoms with Gasteiger partial charge in [0.05, 0.1) is 10.0 Å². The molecule has 4 atom stereocenters. The zero-order chi connectivity index (χ0) is 22.5. The van der Waals surface area contributed by atoms with Crippen LogP contribution in [0.1, 0.15) is 38.5 Å². The third-order valence-corrected chi connectivity index (χ3v) is 7.74. The van der Waals surface area contributed by atoms with Crippen molar-refractivity contribution in [1.29, 1.82) is 0 Å². The molecule has 32 heavy (non-hydrogen) atoms. The molecule has 3 heterocycles. The van der Waals surface area contributed by atoms with E-state index in [0.29, 0.717) is 13.0 Å². The van der Waals surface area contributed by atoms with E-state index in [-0.39, 0.29) is 51.4 Å². The zero-order valence-corrected chi connectivity index (χ0v) is 19.5. The molecule has 3 aliphatic rings. The summed E-state index contributed by atoms with van der Waals surface area (Å²) in [6, 6.07) is 1.58. The molecule has 1 saturated carbocycles. The number of ether oxygens (including phenoxy) is 2. The van der Waals surface area contributed by atoms with Crippen molar-refractivity contribution < 1.29 is 18.3 Å². The van der Waals surface area contributed by atoms with Gasteiger partial charge in [-0.05, 0) is 67.7 Å². The van der Waals surface area contributed by atoms with Crippen molar-refractivity contribution in [1.82, 2.24) is 20.2 Å². The Kier molecular flexibility index (Phi) is 5.88. The van der Waals surface area contributed by atoms with Crippen LogP contribution in [0, 0.1) is 5.82 Å². The van der Waals surface area contributed by atoms with E-state index in [4.69, 9.17) is 9.47 Å². The van der Waals surface area contributed by atoms with Crippen LogP contribution in [-0.4, -0.2) is 65.5 Å². The van der Waals surface area contributed by atoms with Crippen LogP contribution in [0.5, 0.6) is 11.8 Å². The number of aromatic amines is 1. The number of nitrogens with one attached hydrogen (secondary N) is 2. The van der Waals surface area contributed by atoms with Gasteiger partial charge in [0.25, 0.3) is 11.6 Å². The average molecular weight is 513 g/mol. The summed E-state index contributed by atoms with van der Waals surface area (Å²) in [6.45, 7) is 1.44. The van der Waals surface area contributed by atoms with E-state index in [9.17, 15) is 13.6 Å². The summed E-state index contributed by atoms with van der Waals surface area (Å²) in [6.07, 6.45) is 4.06. The fourth-order valence-electron chi connectivity index (χ4n) is 5.58. The van der Waals surface area contributed by atoms with Gasteiger partial charge in [0.2, 0.25) is 0 Å². The predicted molar refractivity (Wildman–Crippen MR) is 120 cm³/mol. The molecular formula is C22H27BrF2N4O3. The molecule has 1 aliphatic carbocycles. The number of halogens is 3. The van der Waals surface area contributed by atoms with Gasteiger partial charge in [-0.2, -0.15) is 4.98 Å². The summed E-state index contributed by atoms with van der Waals surface area (Å²) in [5, 5.41) is 3.29. The SMILES string of the molecule is CN[C@@H]1CCC[C@@H]1Oc1cc(Br)c(F)c2nc(OC[C@@]34CCCN3C[C@H](F)C4)[nH]c(=O)c12. The number of aromatic nitrogens is 2. The first-order valence-electron chi connectivity index (χ1n) is 11.2. The lowest BCUT2D eigenvalue weighted by Crippen LogP contribution is -2.43. The Balaban J connectivity index is 1.45. The first-order valence-corrected chi connectivity index (χ1v) is 12.0. The minimum absolute atomic E-state index is 0.0603. The highest BCUT2D eigenvalue weighted by Gasteiger charge is 2.49. The normalized spacial score (nSPS) is 30.2. The molecule has 2 aromatic rings. The van der Waals surface area contributed by atoms with Crippen LogP contribution in [-0.2, 0) is 0 Å². The minimum Gasteiger partial charge on any atom is -0.488 e. The number of rotatable bonds is 6. The molecule has 10 heteroatoms. The van der Waals surface area contributed by atoms with Crippen molar-refractivity contribution in [3.05, 3.63) is 26.7 Å². The molecule has 0 spiro atoms. The van der Waals surface area contributed by atoms with Gasteiger partial charge in [0.15, 0.2) is 5.82 Å². The lowest BCUT2D eigenvalue weighted by Gasteiger charge is -2.30. The van der Waals surface area contributed by atoms with Crippen LogP contribution < -0.4 is 20.3 Å². The third kappa shape index (κ3) is 3.80. The lowest BCUT2D eigenvalue weighted by atomic mass is 9.95. The number of hydrogen-bond donors (Lipinski definition) is 2. The molecule has 2 aliphatic heterocycles. The maximum atomic E-state index is 15.0. The molecule has 1 aromatic carbocycles. The van der Waals surface area contributed by atoms with Crippen LogP contribution in [0.4, 0.5) is 8.78 Å². The number of hydrogen-bond acceptors (Lipinski definition) is 6. The van der Waals surface area contributed by atoms with Crippen LogP contribution in [0.15, 0.2) is 15.3 Å². The number of nitrogens with zero attached hydrogens (tertiary/aromatic N) is 2. The third-order valence-electron chi connectivity index (χ3n) is 7.16. The van der Waals surface area contributed by atoms with E-state index in [1.54, 1.807) is 0 Å². The van der Waals surface area contributed by atoms with Gasteiger partial charge in [-0.3, -0.25) is 14.7 Å². The van der Waals surface area contributed by atoms with Crippen molar-refractivity contribution in [2.75, 3.05) is 26.7 Å². The van der Waals surface area contributed by atoms with Crippen molar-refractivity contribution in [2.24, 2.45) is 0 Å². The summed E-state index contributed by atoms with van der Waals surface area (Å²) in [5.41, 5.74) is -1.02. The first-order chi connectivity index (χ1) is 15.4. The lowest BCUT2D eigenvalue weighted by molar-refractivity contribution is 0.107. The largest absolute Gasteiger partial charge is 0.488 e. The van der Waals surface area contributed by atoms with E-state index in [1.807, 2.05) is 7.05 Å². The Labute approximate surface area is 193 Å². The molecule has 0 bridgehead atoms. The number of alkyl halides is 1. The van der Waals surface area contributed by atoms with Gasteiger partial charge in [-0.15, -0.1) is 0 Å². The summed E-state index contributed by atoms with van der Waals surface area (Å²) < 4.78 is 41.1. The van der Waals surface area contributed by atoms with Gasteiger partial charge in [0, 0.05) is 19.0 Å². The van der Waals surface area contributed by atoms with Gasteiger partial charge < -0.3 is 14.8 Å². The van der Waals surface area contributed by atoms with Gasteiger partial charge in [0.1, 0.15) is 35.5 Å². The second-order valence-electron chi connectivity index (χ2n) is 9.11. The number of likely N-dealkylation sites (N-methyl/N-ethyl adjacent to an activating group) is 1. The number of H-pyrrole nitrogens is 1. The van der Waals surface area contributed by atoms with E-state index < -0.39 is 17.5 Å². The van der Waals surface area contributed by atoms with Crippen LogP contribution >= 0.6 is 15.9 Å². The van der Waals surface area contributed by atoms with E-state index in [2.05, 4.69) is 36.1 Å².